The molecule has 26 heavy (non-hydrogen) atoms. The van der Waals surface area contributed by atoms with Gasteiger partial charge < -0.3 is 5.32 Å². The second-order valence-electron chi connectivity index (χ2n) is 6.52. The molecule has 6 heteroatoms. The van der Waals surface area contributed by atoms with Crippen LogP contribution < -0.4 is 5.32 Å². The van der Waals surface area contributed by atoms with E-state index in [9.17, 15) is 4.79 Å². The molecule has 1 saturated heterocycles. The number of benzene rings is 1. The lowest BCUT2D eigenvalue weighted by molar-refractivity contribution is 0.0913. The Kier molecular flexibility index (Phi) is 5.43. The Morgan fingerprint density at radius 3 is 2.69 bits per heavy atom. The Bertz CT molecular complexity index is 837. The van der Waals surface area contributed by atoms with E-state index in [-0.39, 0.29) is 11.9 Å². The van der Waals surface area contributed by atoms with Gasteiger partial charge in [0.15, 0.2) is 0 Å². The minimum Gasteiger partial charge on any atom is -0.348 e. The molecule has 1 aliphatic rings. The van der Waals surface area contributed by atoms with Gasteiger partial charge in [-0.15, -0.1) is 22.7 Å². The second kappa shape index (κ2) is 8.12. The quantitative estimate of drug-likeness (QED) is 0.716. The fraction of sp³-hybridized carbons (Fsp3) is 0.300. The van der Waals surface area contributed by atoms with Gasteiger partial charge in [0.05, 0.1) is 11.1 Å². The number of nitrogens with zero attached hydrogens (tertiary/aromatic N) is 2. The first-order chi connectivity index (χ1) is 12.8. The van der Waals surface area contributed by atoms with Gasteiger partial charge in [0, 0.05) is 25.7 Å². The summed E-state index contributed by atoms with van der Waals surface area (Å²) < 4.78 is 0. The van der Waals surface area contributed by atoms with E-state index in [1.807, 2.05) is 17.5 Å². The van der Waals surface area contributed by atoms with E-state index < -0.39 is 0 Å². The Labute approximate surface area is 161 Å². The maximum Gasteiger partial charge on any atom is 0.263 e. The molecule has 4 nitrogen and oxygen atoms in total. The largest absolute Gasteiger partial charge is 0.348 e. The van der Waals surface area contributed by atoms with Crippen molar-refractivity contribution in [3.8, 4) is 9.88 Å². The van der Waals surface area contributed by atoms with Crippen LogP contribution in [0.1, 0.15) is 28.1 Å². The van der Waals surface area contributed by atoms with Crippen LogP contribution in [0.5, 0.6) is 0 Å². The number of likely N-dealkylation sites (tertiary alicyclic amines) is 1. The van der Waals surface area contributed by atoms with E-state index >= 15 is 0 Å². The predicted molar refractivity (Wildman–Crippen MR) is 108 cm³/mol. The molecule has 1 aromatic carbocycles. The Hall–Kier alpha value is -2.02. The van der Waals surface area contributed by atoms with Gasteiger partial charge in [0.25, 0.3) is 5.91 Å². The number of thiazole rings is 1. The highest BCUT2D eigenvalue weighted by Gasteiger charge is 2.22. The third-order valence-corrected chi connectivity index (χ3v) is 6.67. The van der Waals surface area contributed by atoms with Crippen LogP contribution in [0.4, 0.5) is 0 Å². The number of hydrogen-bond donors (Lipinski definition) is 1. The number of aromatic nitrogens is 1. The van der Waals surface area contributed by atoms with Crippen LogP contribution in [0.2, 0.25) is 0 Å². The summed E-state index contributed by atoms with van der Waals surface area (Å²) >= 11 is 3.11. The Morgan fingerprint density at radius 2 is 1.96 bits per heavy atom. The topological polar surface area (TPSA) is 45.2 Å². The van der Waals surface area contributed by atoms with Crippen molar-refractivity contribution in [2.24, 2.45) is 0 Å². The van der Waals surface area contributed by atoms with Crippen LogP contribution in [-0.4, -0.2) is 34.9 Å². The molecule has 1 amide bonds. The first kappa shape index (κ1) is 17.4. The zero-order chi connectivity index (χ0) is 17.8. The van der Waals surface area contributed by atoms with Crippen molar-refractivity contribution in [2.75, 3.05) is 13.1 Å². The monoisotopic (exact) mass is 383 g/mol. The van der Waals surface area contributed by atoms with Crippen molar-refractivity contribution in [3.63, 3.8) is 0 Å². The molecule has 0 saturated carbocycles. The number of rotatable bonds is 5. The van der Waals surface area contributed by atoms with Crippen LogP contribution >= 0.6 is 22.7 Å². The molecule has 3 aromatic rings. The van der Waals surface area contributed by atoms with Crippen LogP contribution in [0.15, 0.2) is 54.0 Å². The van der Waals surface area contributed by atoms with Crippen LogP contribution in [0.25, 0.3) is 9.88 Å². The summed E-state index contributed by atoms with van der Waals surface area (Å²) in [4.78, 5) is 21.2. The van der Waals surface area contributed by atoms with E-state index in [1.54, 1.807) is 17.5 Å². The number of piperidine rings is 1. The molecule has 2 aromatic heterocycles. The van der Waals surface area contributed by atoms with Gasteiger partial charge in [-0.2, -0.15) is 0 Å². The van der Waals surface area contributed by atoms with Gasteiger partial charge in [0.1, 0.15) is 9.88 Å². The summed E-state index contributed by atoms with van der Waals surface area (Å²) in [7, 11) is 0. The third-order valence-electron chi connectivity index (χ3n) is 4.63. The number of carbonyl (C=O) groups is 1. The summed E-state index contributed by atoms with van der Waals surface area (Å²) in [6, 6.07) is 14.9. The number of nitrogens with one attached hydrogen (secondary N) is 1. The van der Waals surface area contributed by atoms with Gasteiger partial charge >= 0.3 is 0 Å². The maximum atomic E-state index is 12.5. The molecular weight excluding hydrogens is 362 g/mol. The zero-order valence-corrected chi connectivity index (χ0v) is 16.1. The lowest BCUT2D eigenvalue weighted by Gasteiger charge is -2.32. The highest BCUT2D eigenvalue weighted by molar-refractivity contribution is 7.21. The molecule has 3 heterocycles. The number of amides is 1. The van der Waals surface area contributed by atoms with Gasteiger partial charge in [0.2, 0.25) is 0 Å². The van der Waals surface area contributed by atoms with E-state index in [4.69, 9.17) is 0 Å². The SMILES string of the molecule is O=C(NC1CCN(Cc2ccccc2)CC1)c1cnc(-c2cccs2)s1. The van der Waals surface area contributed by atoms with Crippen LogP contribution in [0.3, 0.4) is 0 Å². The molecule has 1 N–H and O–H groups in total. The minimum absolute atomic E-state index is 0.00631. The molecule has 0 aliphatic carbocycles. The number of hydrogen-bond acceptors (Lipinski definition) is 5. The fourth-order valence-electron chi connectivity index (χ4n) is 3.23. The number of thiophene rings is 1. The molecule has 4 rings (SSSR count). The first-order valence-electron chi connectivity index (χ1n) is 8.85. The average molecular weight is 384 g/mol. The molecule has 0 radical (unpaired) electrons. The highest BCUT2D eigenvalue weighted by Crippen LogP contribution is 2.29. The standard InChI is InChI=1S/C20H21N3OS2/c24-19(18-13-21-20(26-18)17-7-4-12-25-17)22-16-8-10-23(11-9-16)14-15-5-2-1-3-6-15/h1-7,12-13,16H,8-11,14H2,(H,22,24). The van der Waals surface area contributed by atoms with E-state index in [2.05, 4.69) is 45.5 Å². The van der Waals surface area contributed by atoms with Gasteiger partial charge in [-0.25, -0.2) is 4.98 Å². The molecule has 0 unspecified atom stereocenters. The normalized spacial score (nSPS) is 15.8. The van der Waals surface area contributed by atoms with E-state index in [0.717, 1.165) is 42.4 Å². The summed E-state index contributed by atoms with van der Waals surface area (Å²) in [6.07, 6.45) is 3.68. The molecular formula is C20H21N3OS2. The molecule has 1 fully saturated rings. The van der Waals surface area contributed by atoms with Gasteiger partial charge in [-0.1, -0.05) is 36.4 Å². The third kappa shape index (κ3) is 4.20. The van der Waals surface area contributed by atoms with Gasteiger partial charge in [-0.3, -0.25) is 9.69 Å². The molecule has 0 bridgehead atoms. The zero-order valence-electron chi connectivity index (χ0n) is 14.4. The first-order valence-corrected chi connectivity index (χ1v) is 10.5. The summed E-state index contributed by atoms with van der Waals surface area (Å²) in [5.41, 5.74) is 1.35. The Balaban J connectivity index is 1.28. The van der Waals surface area contributed by atoms with Crippen molar-refractivity contribution < 1.29 is 4.79 Å². The smallest absolute Gasteiger partial charge is 0.263 e. The highest BCUT2D eigenvalue weighted by atomic mass is 32.1. The Morgan fingerprint density at radius 1 is 1.15 bits per heavy atom. The number of carbonyl (C=O) groups excluding carboxylic acids is 1. The summed E-state index contributed by atoms with van der Waals surface area (Å²) in [5, 5.41) is 6.13. The summed E-state index contributed by atoms with van der Waals surface area (Å²) in [6.45, 7) is 3.02. The lowest BCUT2D eigenvalue weighted by atomic mass is 10.0. The van der Waals surface area contributed by atoms with E-state index in [1.165, 1.54) is 16.9 Å². The molecule has 0 atom stereocenters. The minimum atomic E-state index is 0.00631. The maximum absolute atomic E-state index is 12.5. The van der Waals surface area contributed by atoms with Gasteiger partial charge in [-0.05, 0) is 29.9 Å². The van der Waals surface area contributed by atoms with Crippen molar-refractivity contribution in [1.29, 1.82) is 0 Å². The fourth-order valence-corrected chi connectivity index (χ4v) is 4.85. The molecule has 0 spiro atoms. The predicted octanol–water partition coefficient (Wildman–Crippen LogP) is 4.27. The summed E-state index contributed by atoms with van der Waals surface area (Å²) in [5.74, 6) is 0.00631. The van der Waals surface area contributed by atoms with Crippen molar-refractivity contribution in [1.82, 2.24) is 15.2 Å². The van der Waals surface area contributed by atoms with Crippen molar-refractivity contribution >= 4 is 28.6 Å². The van der Waals surface area contributed by atoms with Crippen molar-refractivity contribution in [3.05, 3.63) is 64.5 Å². The van der Waals surface area contributed by atoms with Crippen molar-refractivity contribution in [2.45, 2.75) is 25.4 Å². The second-order valence-corrected chi connectivity index (χ2v) is 8.49. The van der Waals surface area contributed by atoms with E-state index in [0.29, 0.717) is 4.88 Å². The molecule has 134 valence electrons. The molecule has 1 aliphatic heterocycles. The van der Waals surface area contributed by atoms with Crippen LogP contribution in [0, 0.1) is 0 Å². The average Bonchev–Trinajstić information content (AvgIpc) is 3.36. The van der Waals surface area contributed by atoms with Crippen LogP contribution in [-0.2, 0) is 6.54 Å². The lowest BCUT2D eigenvalue weighted by Crippen LogP contribution is -2.44.